The third-order valence-electron chi connectivity index (χ3n) is 3.16. The fourth-order valence-corrected chi connectivity index (χ4v) is 3.07. The lowest BCUT2D eigenvalue weighted by Crippen LogP contribution is -2.32. The van der Waals surface area contributed by atoms with Crippen LogP contribution in [-0.4, -0.2) is 22.5 Å². The van der Waals surface area contributed by atoms with Crippen LogP contribution in [-0.2, 0) is 6.18 Å². The maximum atomic E-state index is 13.4. The fourth-order valence-electron chi connectivity index (χ4n) is 2.12. The molecular weight excluding hydrogens is 373 g/mol. The smallest absolute Gasteiger partial charge is 0.260 e. The van der Waals surface area contributed by atoms with Crippen molar-refractivity contribution in [3.8, 4) is 0 Å². The highest BCUT2D eigenvalue weighted by atomic mass is 32.2. The van der Waals surface area contributed by atoms with Crippen LogP contribution in [0, 0.1) is 5.82 Å². The summed E-state index contributed by atoms with van der Waals surface area (Å²) < 4.78 is 91.8. The first-order valence-electron chi connectivity index (χ1n) is 6.73. The highest BCUT2D eigenvalue weighted by Crippen LogP contribution is 2.42. The number of rotatable bonds is 4. The van der Waals surface area contributed by atoms with Gasteiger partial charge in [-0.1, -0.05) is 12.1 Å². The zero-order valence-corrected chi connectivity index (χ0v) is 13.4. The molecule has 0 unspecified atom stereocenters. The summed E-state index contributed by atoms with van der Waals surface area (Å²) in [5.41, 5.74) is -1.40. The van der Waals surface area contributed by atoms with Gasteiger partial charge in [-0.2, -0.15) is 26.3 Å². The molecular formula is C15H11F7N2S. The first-order chi connectivity index (χ1) is 11.5. The molecule has 0 bridgehead atoms. The van der Waals surface area contributed by atoms with Crippen LogP contribution in [0.1, 0.15) is 17.2 Å². The Morgan fingerprint density at radius 1 is 1.00 bits per heavy atom. The van der Waals surface area contributed by atoms with Gasteiger partial charge < -0.3 is 0 Å². The predicted molar refractivity (Wildman–Crippen MR) is 78.1 cm³/mol. The Kier molecular flexibility index (Phi) is 5.62. The van der Waals surface area contributed by atoms with Crippen molar-refractivity contribution < 1.29 is 30.7 Å². The number of nitrogens with zero attached hydrogens (tertiary/aromatic N) is 2. The minimum atomic E-state index is -4.75. The van der Waals surface area contributed by atoms with E-state index in [1.54, 1.807) is 0 Å². The lowest BCUT2D eigenvalue weighted by molar-refractivity contribution is -0.169. The average molecular weight is 384 g/mol. The van der Waals surface area contributed by atoms with Crippen molar-refractivity contribution in [1.82, 2.24) is 9.29 Å². The molecule has 2 aromatic rings. The number of benzene rings is 1. The third kappa shape index (κ3) is 5.08. The van der Waals surface area contributed by atoms with E-state index in [4.69, 9.17) is 0 Å². The molecule has 0 aliphatic rings. The summed E-state index contributed by atoms with van der Waals surface area (Å²) in [6.07, 6.45) is -7.30. The number of alkyl halides is 6. The molecule has 1 aromatic heterocycles. The van der Waals surface area contributed by atoms with Gasteiger partial charge in [-0.05, 0) is 42.8 Å². The monoisotopic (exact) mass is 384 g/mol. The second kappa shape index (κ2) is 7.20. The number of pyridine rings is 1. The second-order valence-electron chi connectivity index (χ2n) is 5.04. The van der Waals surface area contributed by atoms with E-state index >= 15 is 0 Å². The van der Waals surface area contributed by atoms with Gasteiger partial charge >= 0.3 is 12.4 Å². The standard InChI is InChI=1S/C15H11F7N2S/c1-24(25-12-6-11(16)7-23-8-12)13(15(20,21)22)9-2-4-10(5-3-9)14(17,18)19/h2-8,13H,1H3/t13-/m1/s1. The largest absolute Gasteiger partial charge is 0.416 e. The molecule has 1 aromatic carbocycles. The van der Waals surface area contributed by atoms with Crippen LogP contribution in [0.4, 0.5) is 30.7 Å². The molecule has 0 saturated heterocycles. The molecule has 0 amide bonds. The lowest BCUT2D eigenvalue weighted by atomic mass is 10.0. The fraction of sp³-hybridized carbons (Fsp3) is 0.267. The van der Waals surface area contributed by atoms with Crippen molar-refractivity contribution in [2.75, 3.05) is 7.05 Å². The van der Waals surface area contributed by atoms with E-state index in [2.05, 4.69) is 4.98 Å². The van der Waals surface area contributed by atoms with Gasteiger partial charge in [0, 0.05) is 11.1 Å². The maximum absolute atomic E-state index is 13.4. The Bertz CT molecular complexity index is 713. The van der Waals surface area contributed by atoms with Gasteiger partial charge in [0.25, 0.3) is 0 Å². The predicted octanol–water partition coefficient (Wildman–Crippen LogP) is 5.48. The number of hydrogen-bond donors (Lipinski definition) is 0. The van der Waals surface area contributed by atoms with Crippen LogP contribution in [0.15, 0.2) is 47.6 Å². The van der Waals surface area contributed by atoms with Crippen LogP contribution in [0.5, 0.6) is 0 Å². The number of halogens is 7. The Morgan fingerprint density at radius 3 is 2.08 bits per heavy atom. The summed E-state index contributed by atoms with van der Waals surface area (Å²) in [5, 5.41) is 0. The van der Waals surface area contributed by atoms with Gasteiger partial charge in [-0.15, -0.1) is 0 Å². The quantitative estimate of drug-likeness (QED) is 0.513. The van der Waals surface area contributed by atoms with Crippen LogP contribution in [0.25, 0.3) is 0 Å². The molecule has 136 valence electrons. The normalized spacial score (nSPS) is 14.0. The van der Waals surface area contributed by atoms with Crippen LogP contribution < -0.4 is 0 Å². The molecule has 1 atom stereocenters. The summed E-state index contributed by atoms with van der Waals surface area (Å²) in [7, 11) is 1.12. The molecule has 0 saturated carbocycles. The summed E-state index contributed by atoms with van der Waals surface area (Å²) in [5.74, 6) is -0.712. The number of hydrogen-bond acceptors (Lipinski definition) is 3. The first-order valence-corrected chi connectivity index (χ1v) is 7.51. The Balaban J connectivity index is 2.30. The average Bonchev–Trinajstić information content (AvgIpc) is 2.45. The van der Waals surface area contributed by atoms with Gasteiger partial charge in [0.05, 0.1) is 11.8 Å². The zero-order valence-electron chi connectivity index (χ0n) is 12.6. The zero-order chi connectivity index (χ0) is 18.8. The molecule has 25 heavy (non-hydrogen) atoms. The van der Waals surface area contributed by atoms with Crippen molar-refractivity contribution >= 4 is 11.9 Å². The lowest BCUT2D eigenvalue weighted by Gasteiger charge is -2.29. The highest BCUT2D eigenvalue weighted by molar-refractivity contribution is 7.97. The molecule has 10 heteroatoms. The molecule has 0 radical (unpaired) electrons. The topological polar surface area (TPSA) is 16.1 Å². The van der Waals surface area contributed by atoms with Crippen LogP contribution in [0.3, 0.4) is 0 Å². The minimum Gasteiger partial charge on any atom is -0.260 e. The molecule has 0 N–H and O–H groups in total. The maximum Gasteiger partial charge on any atom is 0.416 e. The van der Waals surface area contributed by atoms with Crippen LogP contribution in [0.2, 0.25) is 0 Å². The van der Waals surface area contributed by atoms with E-state index in [0.29, 0.717) is 24.1 Å². The van der Waals surface area contributed by atoms with E-state index in [-0.39, 0.29) is 10.5 Å². The van der Waals surface area contributed by atoms with Crippen molar-refractivity contribution in [2.24, 2.45) is 0 Å². The minimum absolute atomic E-state index is 0.128. The Labute approximate surface area is 142 Å². The Morgan fingerprint density at radius 2 is 1.60 bits per heavy atom. The van der Waals surface area contributed by atoms with E-state index in [1.165, 1.54) is 6.20 Å². The van der Waals surface area contributed by atoms with Crippen molar-refractivity contribution in [2.45, 2.75) is 23.3 Å². The summed E-state index contributed by atoms with van der Waals surface area (Å²) in [6.45, 7) is 0. The molecule has 0 aliphatic carbocycles. The molecule has 0 aliphatic heterocycles. The number of aromatic nitrogens is 1. The van der Waals surface area contributed by atoms with E-state index in [9.17, 15) is 30.7 Å². The third-order valence-corrected chi connectivity index (χ3v) is 4.09. The van der Waals surface area contributed by atoms with Crippen molar-refractivity contribution in [3.05, 3.63) is 59.7 Å². The Hall–Kier alpha value is -1.81. The molecule has 1 heterocycles. The summed E-state index contributed by atoms with van der Waals surface area (Å²) >= 11 is 0.586. The van der Waals surface area contributed by atoms with Gasteiger partial charge in [0.2, 0.25) is 0 Å². The summed E-state index contributed by atoms with van der Waals surface area (Å²) in [6, 6.07) is 1.58. The van der Waals surface area contributed by atoms with Gasteiger partial charge in [0.1, 0.15) is 11.9 Å². The van der Waals surface area contributed by atoms with E-state index in [1.807, 2.05) is 0 Å². The van der Waals surface area contributed by atoms with Gasteiger partial charge in [0.15, 0.2) is 0 Å². The highest BCUT2D eigenvalue weighted by Gasteiger charge is 2.44. The second-order valence-corrected chi connectivity index (χ2v) is 6.27. The van der Waals surface area contributed by atoms with Crippen LogP contribution >= 0.6 is 11.9 Å². The molecule has 2 rings (SSSR count). The van der Waals surface area contributed by atoms with Crippen molar-refractivity contribution in [1.29, 1.82) is 0 Å². The molecule has 0 fully saturated rings. The first kappa shape index (κ1) is 19.5. The van der Waals surface area contributed by atoms with E-state index in [0.717, 1.165) is 35.7 Å². The summed E-state index contributed by atoms with van der Waals surface area (Å²) in [4.78, 5) is 3.67. The van der Waals surface area contributed by atoms with Gasteiger partial charge in [-0.3, -0.25) is 4.98 Å². The SMILES string of the molecule is CN(Sc1cncc(F)c1)[C@H](c1ccc(C(F)(F)F)cc1)C(F)(F)F. The molecule has 0 spiro atoms. The molecule has 2 nitrogen and oxygen atoms in total. The van der Waals surface area contributed by atoms with Crippen molar-refractivity contribution in [3.63, 3.8) is 0 Å². The van der Waals surface area contributed by atoms with Gasteiger partial charge in [-0.25, -0.2) is 8.70 Å². The van der Waals surface area contributed by atoms with E-state index < -0.39 is 29.8 Å².